The number of methoxy groups -OCH3 is 1. The normalized spacial score (nSPS) is 10.0. The quantitative estimate of drug-likeness (QED) is 0.600. The van der Waals surface area contributed by atoms with Gasteiger partial charge in [-0.25, -0.2) is 0 Å². The third-order valence-electron chi connectivity index (χ3n) is 2.68. The van der Waals surface area contributed by atoms with E-state index in [2.05, 4.69) is 27.9 Å². The second-order valence-electron chi connectivity index (χ2n) is 4.25. The summed E-state index contributed by atoms with van der Waals surface area (Å²) in [6.07, 6.45) is 0. The number of nitrogens with one attached hydrogen (secondary N) is 1. The van der Waals surface area contributed by atoms with Gasteiger partial charge in [0.05, 0.1) is 12.8 Å². The molecule has 5 nitrogen and oxygen atoms in total. The van der Waals surface area contributed by atoms with Crippen LogP contribution < -0.4 is 20.5 Å². The minimum atomic E-state index is -0.280. The predicted octanol–water partition coefficient (Wildman–Crippen LogP) is 2.90. The molecule has 2 aromatic rings. The summed E-state index contributed by atoms with van der Waals surface area (Å²) >= 11 is 2.20. The van der Waals surface area contributed by atoms with Crippen molar-refractivity contribution in [3.05, 3.63) is 46.0 Å². The second kappa shape index (κ2) is 7.16. The standard InChI is InChI=1S/C15H15IN2O3/c1-20-14-7-4-11(17)8-13(14)18-15(19)9-21-12-5-2-10(16)3-6-12/h2-8H,9,17H2,1H3,(H,18,19). The average molecular weight is 398 g/mol. The Labute approximate surface area is 136 Å². The molecule has 2 rings (SSSR count). The summed E-state index contributed by atoms with van der Waals surface area (Å²) in [4.78, 5) is 11.9. The van der Waals surface area contributed by atoms with Crippen molar-refractivity contribution in [1.82, 2.24) is 0 Å². The summed E-state index contributed by atoms with van der Waals surface area (Å²) in [5.41, 5.74) is 6.77. The van der Waals surface area contributed by atoms with E-state index in [4.69, 9.17) is 15.2 Å². The van der Waals surface area contributed by atoms with Crippen LogP contribution in [0.2, 0.25) is 0 Å². The van der Waals surface area contributed by atoms with Crippen LogP contribution in [0.4, 0.5) is 11.4 Å². The van der Waals surface area contributed by atoms with E-state index in [1.54, 1.807) is 18.2 Å². The van der Waals surface area contributed by atoms with Crippen LogP contribution in [-0.2, 0) is 4.79 Å². The number of carbonyl (C=O) groups excluding carboxylic acids is 1. The Balaban J connectivity index is 1.95. The highest BCUT2D eigenvalue weighted by Crippen LogP contribution is 2.26. The number of hydrogen-bond donors (Lipinski definition) is 2. The molecule has 0 aliphatic rings. The molecule has 3 N–H and O–H groups in total. The molecule has 2 aromatic carbocycles. The number of halogens is 1. The Morgan fingerprint density at radius 1 is 1.24 bits per heavy atom. The first-order valence-corrected chi connectivity index (χ1v) is 7.28. The fourth-order valence-corrected chi connectivity index (χ4v) is 2.05. The number of anilines is 2. The van der Waals surface area contributed by atoms with E-state index in [9.17, 15) is 4.79 Å². The fourth-order valence-electron chi connectivity index (χ4n) is 1.69. The van der Waals surface area contributed by atoms with Gasteiger partial charge in [0.2, 0.25) is 0 Å². The number of nitrogens with two attached hydrogens (primary N) is 1. The van der Waals surface area contributed by atoms with Gasteiger partial charge in [-0.05, 0) is 65.1 Å². The number of rotatable bonds is 5. The van der Waals surface area contributed by atoms with Crippen molar-refractivity contribution >= 4 is 39.9 Å². The molecular formula is C15H15IN2O3. The Morgan fingerprint density at radius 2 is 1.95 bits per heavy atom. The van der Waals surface area contributed by atoms with Crippen LogP contribution in [0.1, 0.15) is 0 Å². The molecule has 0 saturated heterocycles. The first-order valence-electron chi connectivity index (χ1n) is 6.20. The molecular weight excluding hydrogens is 383 g/mol. The lowest BCUT2D eigenvalue weighted by Crippen LogP contribution is -2.20. The second-order valence-corrected chi connectivity index (χ2v) is 5.50. The molecule has 6 heteroatoms. The monoisotopic (exact) mass is 398 g/mol. The molecule has 1 amide bonds. The molecule has 0 aliphatic carbocycles. The van der Waals surface area contributed by atoms with Crippen molar-refractivity contribution in [2.45, 2.75) is 0 Å². The number of carbonyl (C=O) groups is 1. The molecule has 110 valence electrons. The van der Waals surface area contributed by atoms with E-state index < -0.39 is 0 Å². The van der Waals surface area contributed by atoms with Gasteiger partial charge in [-0.3, -0.25) is 4.79 Å². The molecule has 0 atom stereocenters. The maximum Gasteiger partial charge on any atom is 0.262 e. The van der Waals surface area contributed by atoms with Gasteiger partial charge in [-0.1, -0.05) is 0 Å². The molecule has 0 aliphatic heterocycles. The van der Waals surface area contributed by atoms with Crippen molar-refractivity contribution in [3.8, 4) is 11.5 Å². The topological polar surface area (TPSA) is 73.6 Å². The Hall–Kier alpha value is -1.96. The smallest absolute Gasteiger partial charge is 0.262 e. The maximum atomic E-state index is 11.9. The van der Waals surface area contributed by atoms with Crippen LogP contribution in [0.5, 0.6) is 11.5 Å². The van der Waals surface area contributed by atoms with Gasteiger partial charge in [0.25, 0.3) is 5.91 Å². The number of benzene rings is 2. The van der Waals surface area contributed by atoms with Crippen LogP contribution >= 0.6 is 22.6 Å². The summed E-state index contributed by atoms with van der Waals surface area (Å²) in [6, 6.07) is 12.5. The Bertz CT molecular complexity index is 629. The van der Waals surface area contributed by atoms with Crippen LogP contribution in [0, 0.1) is 3.57 Å². The van der Waals surface area contributed by atoms with Crippen molar-refractivity contribution < 1.29 is 14.3 Å². The molecule has 0 radical (unpaired) electrons. The zero-order chi connectivity index (χ0) is 15.2. The fraction of sp³-hybridized carbons (Fsp3) is 0.133. The Kier molecular flexibility index (Phi) is 5.26. The number of hydrogen-bond acceptors (Lipinski definition) is 4. The Morgan fingerprint density at radius 3 is 2.62 bits per heavy atom. The largest absolute Gasteiger partial charge is 0.495 e. The highest BCUT2D eigenvalue weighted by molar-refractivity contribution is 14.1. The number of nitrogen functional groups attached to an aromatic ring is 1. The lowest BCUT2D eigenvalue weighted by molar-refractivity contribution is -0.118. The van der Waals surface area contributed by atoms with Gasteiger partial charge < -0.3 is 20.5 Å². The minimum absolute atomic E-state index is 0.0848. The SMILES string of the molecule is COc1ccc(N)cc1NC(=O)COc1ccc(I)cc1. The summed E-state index contributed by atoms with van der Waals surface area (Å²) in [7, 11) is 1.53. The van der Waals surface area contributed by atoms with E-state index in [1.165, 1.54) is 7.11 Å². The molecule has 0 fully saturated rings. The van der Waals surface area contributed by atoms with Gasteiger partial charge >= 0.3 is 0 Å². The zero-order valence-electron chi connectivity index (χ0n) is 11.4. The van der Waals surface area contributed by atoms with Gasteiger partial charge in [-0.15, -0.1) is 0 Å². The predicted molar refractivity (Wildman–Crippen MR) is 90.7 cm³/mol. The average Bonchev–Trinajstić information content (AvgIpc) is 2.47. The van der Waals surface area contributed by atoms with Crippen LogP contribution in [0.3, 0.4) is 0 Å². The molecule has 0 heterocycles. The van der Waals surface area contributed by atoms with Gasteiger partial charge in [0, 0.05) is 9.26 Å². The van der Waals surface area contributed by atoms with E-state index in [1.807, 2.05) is 24.3 Å². The summed E-state index contributed by atoms with van der Waals surface area (Å²) < 4.78 is 11.7. The summed E-state index contributed by atoms with van der Waals surface area (Å²) in [5.74, 6) is 0.911. The highest BCUT2D eigenvalue weighted by atomic mass is 127. The van der Waals surface area contributed by atoms with E-state index in [0.29, 0.717) is 22.9 Å². The van der Waals surface area contributed by atoms with Crippen molar-refractivity contribution in [2.24, 2.45) is 0 Å². The van der Waals surface area contributed by atoms with Crippen molar-refractivity contribution in [2.75, 3.05) is 24.8 Å². The lowest BCUT2D eigenvalue weighted by Gasteiger charge is -2.11. The third kappa shape index (κ3) is 4.52. The first-order chi connectivity index (χ1) is 10.1. The van der Waals surface area contributed by atoms with Crippen molar-refractivity contribution in [3.63, 3.8) is 0 Å². The molecule has 0 saturated carbocycles. The molecule has 0 aromatic heterocycles. The molecule has 0 spiro atoms. The van der Waals surface area contributed by atoms with Crippen LogP contribution in [0.25, 0.3) is 0 Å². The summed E-state index contributed by atoms with van der Waals surface area (Å²) in [6.45, 7) is -0.0848. The minimum Gasteiger partial charge on any atom is -0.495 e. The molecule has 0 unspecified atom stereocenters. The summed E-state index contributed by atoms with van der Waals surface area (Å²) in [5, 5.41) is 2.71. The van der Waals surface area contributed by atoms with Gasteiger partial charge in [-0.2, -0.15) is 0 Å². The maximum absolute atomic E-state index is 11.9. The van der Waals surface area contributed by atoms with Crippen LogP contribution in [0.15, 0.2) is 42.5 Å². The van der Waals surface area contributed by atoms with Crippen LogP contribution in [-0.4, -0.2) is 19.6 Å². The third-order valence-corrected chi connectivity index (χ3v) is 3.40. The van der Waals surface area contributed by atoms with E-state index in [0.717, 1.165) is 3.57 Å². The first kappa shape index (κ1) is 15.4. The highest BCUT2D eigenvalue weighted by Gasteiger charge is 2.08. The van der Waals surface area contributed by atoms with Gasteiger partial charge in [0.1, 0.15) is 11.5 Å². The van der Waals surface area contributed by atoms with E-state index >= 15 is 0 Å². The lowest BCUT2D eigenvalue weighted by atomic mass is 10.2. The number of ether oxygens (including phenoxy) is 2. The van der Waals surface area contributed by atoms with Crippen molar-refractivity contribution in [1.29, 1.82) is 0 Å². The zero-order valence-corrected chi connectivity index (χ0v) is 13.6. The van der Waals surface area contributed by atoms with E-state index in [-0.39, 0.29) is 12.5 Å². The number of amides is 1. The molecule has 21 heavy (non-hydrogen) atoms. The molecule has 0 bridgehead atoms. The van der Waals surface area contributed by atoms with Gasteiger partial charge in [0.15, 0.2) is 6.61 Å².